The Morgan fingerprint density at radius 3 is 2.19 bits per heavy atom. The van der Waals surface area contributed by atoms with Gasteiger partial charge in [-0.1, -0.05) is 12.1 Å². The van der Waals surface area contributed by atoms with Crippen LogP contribution in [0.4, 0.5) is 29.0 Å². The summed E-state index contributed by atoms with van der Waals surface area (Å²) < 4.78 is 18.1. The Labute approximate surface area is 206 Å². The minimum Gasteiger partial charge on any atom is -0.493 e. The number of ether oxygens (including phenoxy) is 3. The van der Waals surface area contributed by atoms with Gasteiger partial charge >= 0.3 is 0 Å². The van der Waals surface area contributed by atoms with Gasteiger partial charge in [-0.3, -0.25) is 0 Å². The Bertz CT molecular complexity index is 1490. The van der Waals surface area contributed by atoms with E-state index in [2.05, 4.69) is 25.6 Å². The van der Waals surface area contributed by atoms with E-state index in [1.807, 2.05) is 53.1 Å². The second-order valence-electron chi connectivity index (χ2n) is 7.65. The first kappa shape index (κ1) is 22.7. The van der Waals surface area contributed by atoms with Crippen LogP contribution in [0, 0.1) is 0 Å². The van der Waals surface area contributed by atoms with Gasteiger partial charge in [0.25, 0.3) is 0 Å². The molecule has 36 heavy (non-hydrogen) atoms. The van der Waals surface area contributed by atoms with E-state index in [9.17, 15) is 0 Å². The lowest BCUT2D eigenvalue weighted by molar-refractivity contribution is 0.324. The quantitative estimate of drug-likeness (QED) is 0.274. The lowest BCUT2D eigenvalue weighted by Crippen LogP contribution is -2.08. The number of para-hydroxylation sites is 2. The van der Waals surface area contributed by atoms with Crippen molar-refractivity contribution in [3.05, 3.63) is 67.0 Å². The molecule has 0 aliphatic carbocycles. The maximum atomic E-state index is 5.83. The smallest absolute Gasteiger partial charge is 0.241 e. The molecule has 0 spiro atoms. The zero-order valence-electron chi connectivity index (χ0n) is 19.9. The van der Waals surface area contributed by atoms with Crippen LogP contribution in [0.5, 0.6) is 17.2 Å². The Morgan fingerprint density at radius 1 is 0.778 bits per heavy atom. The normalized spacial score (nSPS) is 10.8. The second-order valence-corrected chi connectivity index (χ2v) is 7.65. The van der Waals surface area contributed by atoms with Gasteiger partial charge in [0.2, 0.25) is 23.6 Å². The summed E-state index contributed by atoms with van der Waals surface area (Å²) in [5.74, 6) is 2.75. The Balaban J connectivity index is 1.54. The summed E-state index contributed by atoms with van der Waals surface area (Å²) in [7, 11) is 4.67. The zero-order valence-corrected chi connectivity index (χ0v) is 19.9. The molecule has 0 aliphatic heterocycles. The molecule has 0 amide bonds. The van der Waals surface area contributed by atoms with Gasteiger partial charge in [-0.2, -0.15) is 4.98 Å². The number of nitrogens with zero attached hydrogens (tertiary/aromatic N) is 5. The van der Waals surface area contributed by atoms with Gasteiger partial charge < -0.3 is 30.6 Å². The third kappa shape index (κ3) is 4.37. The number of rotatable bonds is 8. The van der Waals surface area contributed by atoms with Crippen molar-refractivity contribution in [2.24, 2.45) is 0 Å². The topological polar surface area (TPSA) is 134 Å². The Kier molecular flexibility index (Phi) is 6.10. The van der Waals surface area contributed by atoms with E-state index in [1.54, 1.807) is 33.5 Å². The van der Waals surface area contributed by atoms with E-state index in [0.29, 0.717) is 46.5 Å². The van der Waals surface area contributed by atoms with Gasteiger partial charge in [-0.15, -0.1) is 0 Å². The van der Waals surface area contributed by atoms with Crippen molar-refractivity contribution in [1.29, 1.82) is 0 Å². The van der Waals surface area contributed by atoms with Gasteiger partial charge in [-0.25, -0.2) is 19.5 Å². The molecule has 5 aromatic rings. The van der Waals surface area contributed by atoms with E-state index in [0.717, 1.165) is 16.7 Å². The lowest BCUT2D eigenvalue weighted by Gasteiger charge is -2.15. The molecule has 2 aromatic heterocycles. The molecule has 3 aromatic carbocycles. The van der Waals surface area contributed by atoms with Crippen molar-refractivity contribution in [2.45, 2.75) is 0 Å². The highest BCUT2D eigenvalue weighted by Gasteiger charge is 2.17. The van der Waals surface area contributed by atoms with E-state index in [-0.39, 0.29) is 0 Å². The molecule has 0 bridgehead atoms. The molecule has 0 aliphatic rings. The molecule has 11 nitrogen and oxygen atoms in total. The lowest BCUT2D eigenvalue weighted by atomic mass is 10.2. The van der Waals surface area contributed by atoms with Crippen molar-refractivity contribution in [1.82, 2.24) is 24.5 Å². The molecule has 2 heterocycles. The summed E-state index contributed by atoms with van der Waals surface area (Å²) in [5.41, 5.74) is 9.60. The highest BCUT2D eigenvalue weighted by Crippen LogP contribution is 2.40. The molecule has 0 radical (unpaired) electrons. The predicted octanol–water partition coefficient (Wildman–Crippen LogP) is 4.31. The Morgan fingerprint density at radius 2 is 1.50 bits per heavy atom. The number of nitrogens with two attached hydrogens (primary N) is 1. The Hall–Kier alpha value is -5.06. The van der Waals surface area contributed by atoms with E-state index in [4.69, 9.17) is 24.9 Å². The third-order valence-electron chi connectivity index (χ3n) is 5.41. The zero-order chi connectivity index (χ0) is 25.1. The van der Waals surface area contributed by atoms with Crippen LogP contribution in [0.15, 0.2) is 67.0 Å². The van der Waals surface area contributed by atoms with E-state index >= 15 is 0 Å². The largest absolute Gasteiger partial charge is 0.493 e. The third-order valence-corrected chi connectivity index (χ3v) is 5.41. The summed E-state index contributed by atoms with van der Waals surface area (Å²) in [4.78, 5) is 18.1. The first-order valence-electron chi connectivity index (χ1n) is 11.0. The molecule has 0 saturated heterocycles. The molecular formula is C25H24N8O3. The molecular weight excluding hydrogens is 460 g/mol. The van der Waals surface area contributed by atoms with E-state index in [1.165, 1.54) is 6.33 Å². The van der Waals surface area contributed by atoms with Crippen LogP contribution >= 0.6 is 0 Å². The van der Waals surface area contributed by atoms with Crippen molar-refractivity contribution in [3.8, 4) is 23.2 Å². The molecule has 4 N–H and O–H groups in total. The molecule has 182 valence electrons. The minimum absolute atomic E-state index is 0.325. The standard InChI is InChI=1S/C25H24N8O3/c1-34-20-12-17(13-21(35-2)22(20)36-3)29-23-27-14-28-24(32-23)33-19-7-5-4-6-18(19)31-25(33)30-16-10-8-15(26)9-11-16/h4-14H,26H2,1-3H3,(H,30,31)(H,27,28,29,32). The molecule has 0 saturated carbocycles. The number of imidazole rings is 1. The average Bonchev–Trinajstić information content (AvgIpc) is 3.27. The summed E-state index contributed by atoms with van der Waals surface area (Å²) in [5, 5.41) is 6.51. The van der Waals surface area contributed by atoms with Gasteiger partial charge in [-0.05, 0) is 36.4 Å². The highest BCUT2D eigenvalue weighted by atomic mass is 16.5. The number of benzene rings is 3. The first-order chi connectivity index (χ1) is 17.6. The highest BCUT2D eigenvalue weighted by molar-refractivity contribution is 5.81. The fourth-order valence-electron chi connectivity index (χ4n) is 3.75. The van der Waals surface area contributed by atoms with Crippen molar-refractivity contribution in [2.75, 3.05) is 37.7 Å². The van der Waals surface area contributed by atoms with Crippen LogP contribution in [-0.4, -0.2) is 45.8 Å². The van der Waals surface area contributed by atoms with Crippen molar-refractivity contribution < 1.29 is 14.2 Å². The van der Waals surface area contributed by atoms with Crippen LogP contribution in [0.3, 0.4) is 0 Å². The number of methoxy groups -OCH3 is 3. The average molecular weight is 485 g/mol. The first-order valence-corrected chi connectivity index (χ1v) is 11.0. The fourth-order valence-corrected chi connectivity index (χ4v) is 3.75. The maximum Gasteiger partial charge on any atom is 0.241 e. The number of fused-ring (bicyclic) bond motifs is 1. The van der Waals surface area contributed by atoms with Crippen LogP contribution in [0.2, 0.25) is 0 Å². The molecule has 0 atom stereocenters. The SMILES string of the molecule is COc1cc(Nc2ncnc(-n3c(Nc4ccc(N)cc4)nc4ccccc43)n2)cc(OC)c1OC. The van der Waals surface area contributed by atoms with Crippen molar-refractivity contribution in [3.63, 3.8) is 0 Å². The molecule has 0 fully saturated rings. The number of nitrogens with one attached hydrogen (secondary N) is 2. The number of hydrogen-bond acceptors (Lipinski definition) is 10. The maximum absolute atomic E-state index is 5.83. The monoisotopic (exact) mass is 484 g/mol. The molecule has 5 rings (SSSR count). The van der Waals surface area contributed by atoms with Crippen LogP contribution in [0.1, 0.15) is 0 Å². The van der Waals surface area contributed by atoms with E-state index < -0.39 is 0 Å². The van der Waals surface area contributed by atoms with Crippen LogP contribution < -0.4 is 30.6 Å². The van der Waals surface area contributed by atoms with Crippen molar-refractivity contribution >= 4 is 40.0 Å². The number of nitrogen functional groups attached to an aromatic ring is 1. The minimum atomic E-state index is 0.325. The molecule has 11 heteroatoms. The summed E-state index contributed by atoms with van der Waals surface area (Å²) in [6.07, 6.45) is 1.43. The van der Waals surface area contributed by atoms with Gasteiger partial charge in [0.1, 0.15) is 6.33 Å². The number of hydrogen-bond donors (Lipinski definition) is 3. The summed E-state index contributed by atoms with van der Waals surface area (Å²) in [6, 6.07) is 18.7. The second kappa shape index (κ2) is 9.66. The number of aromatic nitrogens is 5. The molecule has 0 unspecified atom stereocenters. The number of anilines is 5. The van der Waals surface area contributed by atoms with Gasteiger partial charge in [0, 0.05) is 29.2 Å². The summed E-state index contributed by atoms with van der Waals surface area (Å²) in [6.45, 7) is 0. The summed E-state index contributed by atoms with van der Waals surface area (Å²) >= 11 is 0. The predicted molar refractivity (Wildman–Crippen MR) is 138 cm³/mol. The van der Waals surface area contributed by atoms with Crippen LogP contribution in [-0.2, 0) is 0 Å². The van der Waals surface area contributed by atoms with Gasteiger partial charge in [0.15, 0.2) is 11.5 Å². The van der Waals surface area contributed by atoms with Gasteiger partial charge in [0.05, 0.1) is 32.4 Å². The van der Waals surface area contributed by atoms with Crippen LogP contribution in [0.25, 0.3) is 17.0 Å². The fraction of sp³-hybridized carbons (Fsp3) is 0.120.